The Labute approximate surface area is 406 Å². The van der Waals surface area contributed by atoms with Crippen LogP contribution in [0.3, 0.4) is 0 Å². The minimum atomic E-state index is -0.289. The van der Waals surface area contributed by atoms with Crippen LogP contribution >= 0.6 is 0 Å². The van der Waals surface area contributed by atoms with Gasteiger partial charge in [0.2, 0.25) is 0 Å². The fourth-order valence-electron chi connectivity index (χ4n) is 12.2. The first-order chi connectivity index (χ1) is 33.0. The number of nitrogens with zero attached hydrogens (tertiary/aromatic N) is 2. The van der Waals surface area contributed by atoms with Gasteiger partial charge in [-0.2, -0.15) is 0 Å². The highest BCUT2D eigenvalue weighted by Crippen LogP contribution is 2.56. The fourth-order valence-corrected chi connectivity index (χ4v) is 12.2. The summed E-state index contributed by atoms with van der Waals surface area (Å²) in [5.41, 5.74) is 21.8. The monoisotopic (exact) mass is 898 g/mol. The molecule has 2 aliphatic heterocycles. The summed E-state index contributed by atoms with van der Waals surface area (Å²) in [4.78, 5) is 5.22. The van der Waals surface area contributed by atoms with Crippen molar-refractivity contribution in [2.75, 3.05) is 9.71 Å². The number of para-hydroxylation sites is 2. The summed E-state index contributed by atoms with van der Waals surface area (Å²) >= 11 is 0. The number of rotatable bonds is 3. The van der Waals surface area contributed by atoms with E-state index in [1.54, 1.807) is 0 Å². The van der Waals surface area contributed by atoms with Gasteiger partial charge in [0.1, 0.15) is 16.7 Å². The summed E-state index contributed by atoms with van der Waals surface area (Å²) < 4.78 is 14.6. The topological polar surface area (TPSA) is 32.8 Å². The van der Waals surface area contributed by atoms with E-state index in [0.717, 1.165) is 84.9 Å². The van der Waals surface area contributed by atoms with Gasteiger partial charge in [-0.25, -0.2) is 0 Å². The van der Waals surface area contributed by atoms with Crippen LogP contribution in [0, 0.1) is 0 Å². The molecule has 0 fully saturated rings. The summed E-state index contributed by atoms with van der Waals surface area (Å²) in [6, 6.07) is 57.0. The van der Waals surface area contributed by atoms with E-state index in [0.29, 0.717) is 0 Å². The molecule has 69 heavy (non-hydrogen) atoms. The normalized spacial score (nSPS) is 16.0. The summed E-state index contributed by atoms with van der Waals surface area (Å²) in [7, 11) is 0. The Morgan fingerprint density at radius 2 is 1.04 bits per heavy atom. The second kappa shape index (κ2) is 14.3. The molecule has 0 unspecified atom stereocenters. The lowest BCUT2D eigenvalue weighted by Crippen LogP contribution is -2.62. The van der Waals surface area contributed by atoms with Crippen molar-refractivity contribution in [1.82, 2.24) is 0 Å². The molecular formula is C64H59BN2O2. The summed E-state index contributed by atoms with van der Waals surface area (Å²) in [6.45, 7) is 23.3. The first kappa shape index (κ1) is 42.2. The lowest BCUT2D eigenvalue weighted by Gasteiger charge is -2.48. The van der Waals surface area contributed by atoms with Crippen molar-refractivity contribution in [3.8, 4) is 22.3 Å². The number of hydrogen-bond donors (Lipinski definition) is 0. The third kappa shape index (κ3) is 6.14. The number of hydrogen-bond acceptors (Lipinski definition) is 4. The maximum absolute atomic E-state index is 7.30. The van der Waals surface area contributed by atoms with Crippen molar-refractivity contribution in [2.24, 2.45) is 0 Å². The van der Waals surface area contributed by atoms with Crippen LogP contribution in [-0.2, 0) is 21.7 Å². The van der Waals surface area contributed by atoms with E-state index in [1.165, 1.54) is 55.7 Å². The van der Waals surface area contributed by atoms with Crippen LogP contribution in [0.15, 0.2) is 160 Å². The molecule has 0 radical (unpaired) electrons. The van der Waals surface area contributed by atoms with Gasteiger partial charge in [-0.3, -0.25) is 0 Å². The summed E-state index contributed by atoms with van der Waals surface area (Å²) in [5.74, 6) is 0. The number of benzene rings is 8. The molecule has 10 aromatic rings. The Kier molecular flexibility index (Phi) is 8.73. The van der Waals surface area contributed by atoms with Crippen molar-refractivity contribution in [2.45, 2.75) is 104 Å². The third-order valence-electron chi connectivity index (χ3n) is 16.2. The van der Waals surface area contributed by atoms with Crippen LogP contribution in [0.2, 0.25) is 0 Å². The molecule has 4 nitrogen and oxygen atoms in total. The van der Waals surface area contributed by atoms with Gasteiger partial charge in [-0.15, -0.1) is 0 Å². The quantitative estimate of drug-likeness (QED) is 0.165. The lowest BCUT2D eigenvalue weighted by molar-refractivity contribution is 0.332. The first-order valence-electron chi connectivity index (χ1n) is 25.0. The third-order valence-corrected chi connectivity index (χ3v) is 16.2. The van der Waals surface area contributed by atoms with E-state index >= 15 is 0 Å². The molecule has 340 valence electrons. The van der Waals surface area contributed by atoms with Crippen LogP contribution < -0.4 is 20.6 Å². The molecule has 2 aromatic heterocycles. The Hall–Kier alpha value is -6.98. The molecule has 1 aliphatic carbocycles. The Bertz CT molecular complexity index is 3760. The molecule has 5 heteroatoms. The molecule has 0 N–H and O–H groups in total. The van der Waals surface area contributed by atoms with Gasteiger partial charge in [-0.05, 0) is 140 Å². The lowest BCUT2D eigenvalue weighted by atomic mass is 9.43. The number of fused-ring (bicyclic) bond motifs is 13. The minimum absolute atomic E-state index is 0.000872. The average Bonchev–Trinajstić information content (AvgIpc) is 3.91. The number of furan rings is 2. The molecule has 0 saturated carbocycles. The van der Waals surface area contributed by atoms with E-state index in [9.17, 15) is 0 Å². The van der Waals surface area contributed by atoms with Crippen LogP contribution in [-0.4, -0.2) is 6.85 Å². The van der Waals surface area contributed by atoms with E-state index < -0.39 is 0 Å². The molecule has 0 atom stereocenters. The maximum Gasteiger partial charge on any atom is 0.337 e. The SMILES string of the molecule is CC(C)(C)c1ccc(N2B3c4c(cc5c(oc6ccccc65)c4N(c4ccc(C(C)(C)C)cc4-c4ccccc4)c4ccc5c(oc6ccccc65)c43)-c3cc4c(cc32)C(C)(C)CCC4(C)C)cc1. The van der Waals surface area contributed by atoms with Crippen molar-refractivity contribution < 1.29 is 8.83 Å². The van der Waals surface area contributed by atoms with Crippen LogP contribution in [0.25, 0.3) is 66.1 Å². The molecule has 4 heterocycles. The summed E-state index contributed by atoms with van der Waals surface area (Å²) in [6.07, 6.45) is 2.26. The van der Waals surface area contributed by atoms with Crippen LogP contribution in [0.4, 0.5) is 28.4 Å². The van der Waals surface area contributed by atoms with Gasteiger partial charge in [0, 0.05) is 55.2 Å². The smallest absolute Gasteiger partial charge is 0.337 e. The maximum atomic E-state index is 7.30. The molecule has 0 saturated heterocycles. The predicted molar refractivity (Wildman–Crippen MR) is 293 cm³/mol. The molecular weight excluding hydrogens is 840 g/mol. The van der Waals surface area contributed by atoms with E-state index in [2.05, 4.69) is 231 Å². The van der Waals surface area contributed by atoms with E-state index in [4.69, 9.17) is 8.83 Å². The Morgan fingerprint density at radius 3 is 1.71 bits per heavy atom. The molecule has 8 aromatic carbocycles. The largest absolute Gasteiger partial charge is 0.456 e. The molecule has 0 bridgehead atoms. The minimum Gasteiger partial charge on any atom is -0.456 e. The average molecular weight is 899 g/mol. The van der Waals surface area contributed by atoms with Gasteiger partial charge >= 0.3 is 6.85 Å². The fraction of sp³-hybridized carbons (Fsp3) is 0.250. The molecule has 0 amide bonds. The van der Waals surface area contributed by atoms with Crippen LogP contribution in [0.5, 0.6) is 0 Å². The van der Waals surface area contributed by atoms with Gasteiger partial charge in [0.25, 0.3) is 0 Å². The second-order valence-corrected chi connectivity index (χ2v) is 23.6. The standard InChI is InChI=1S/C64H59BN2O2/c1-61(2,3)39-24-27-41(28-25-39)67-53-37-50-49(63(7,8)32-33-64(50,9)10)36-46(53)47-35-48-43-21-15-17-23-55(43)69-60(48)58-56(47)65(67)57-52(31-29-44-42-20-14-16-22-54(42)68-59(44)57)66(58)51-30-26-40(62(4,5)6)34-45(51)38-18-12-11-13-19-38/h11-31,34-37H,32-33H2,1-10H3. The van der Waals surface area contributed by atoms with E-state index in [-0.39, 0.29) is 28.5 Å². The Morgan fingerprint density at radius 1 is 0.464 bits per heavy atom. The highest BCUT2D eigenvalue weighted by molar-refractivity contribution is 6.95. The van der Waals surface area contributed by atoms with Crippen LogP contribution in [0.1, 0.15) is 104 Å². The van der Waals surface area contributed by atoms with Crippen molar-refractivity contribution in [1.29, 1.82) is 0 Å². The van der Waals surface area contributed by atoms with Crippen molar-refractivity contribution in [3.63, 3.8) is 0 Å². The summed E-state index contributed by atoms with van der Waals surface area (Å²) in [5, 5.41) is 4.48. The highest BCUT2D eigenvalue weighted by Gasteiger charge is 2.50. The second-order valence-electron chi connectivity index (χ2n) is 23.6. The van der Waals surface area contributed by atoms with Gasteiger partial charge in [0.05, 0.1) is 11.4 Å². The van der Waals surface area contributed by atoms with E-state index in [1.807, 2.05) is 0 Å². The zero-order chi connectivity index (χ0) is 47.5. The number of anilines is 5. The van der Waals surface area contributed by atoms with Gasteiger partial charge in [0.15, 0.2) is 5.58 Å². The first-order valence-corrected chi connectivity index (χ1v) is 25.0. The van der Waals surface area contributed by atoms with Gasteiger partial charge in [-0.1, -0.05) is 154 Å². The van der Waals surface area contributed by atoms with Crippen molar-refractivity contribution in [3.05, 3.63) is 174 Å². The predicted octanol–water partition coefficient (Wildman–Crippen LogP) is 16.8. The molecule has 3 aliphatic rings. The zero-order valence-electron chi connectivity index (χ0n) is 41.6. The molecule has 13 rings (SSSR count). The highest BCUT2D eigenvalue weighted by atomic mass is 16.3. The van der Waals surface area contributed by atoms with Gasteiger partial charge < -0.3 is 18.5 Å². The van der Waals surface area contributed by atoms with Crippen molar-refractivity contribution >= 4 is 90.1 Å². The molecule has 0 spiro atoms. The Balaban J connectivity index is 1.25. The zero-order valence-corrected chi connectivity index (χ0v) is 41.6.